The van der Waals surface area contributed by atoms with Crippen molar-refractivity contribution in [2.24, 2.45) is 10.7 Å². The molecule has 112 valence electrons. The Morgan fingerprint density at radius 2 is 2.10 bits per heavy atom. The number of nitrogens with zero attached hydrogens (tertiary/aromatic N) is 2. The van der Waals surface area contributed by atoms with Crippen LogP contribution in [-0.4, -0.2) is 75.6 Å². The van der Waals surface area contributed by atoms with Crippen LogP contribution in [0.4, 0.5) is 0 Å². The zero-order chi connectivity index (χ0) is 15.4. The molecule has 0 aromatic rings. The molecule has 0 aromatic carbocycles. The van der Waals surface area contributed by atoms with E-state index in [1.807, 2.05) is 0 Å². The van der Waals surface area contributed by atoms with E-state index in [1.165, 1.54) is 0 Å². The van der Waals surface area contributed by atoms with E-state index in [2.05, 4.69) is 9.73 Å². The first-order valence-electron chi connectivity index (χ1n) is 5.48. The first-order valence-corrected chi connectivity index (χ1v) is 5.48. The highest BCUT2D eigenvalue weighted by molar-refractivity contribution is 5.99. The lowest BCUT2D eigenvalue weighted by Crippen LogP contribution is -2.31. The molecule has 2 aliphatic rings. The summed E-state index contributed by atoms with van der Waals surface area (Å²) < 4.78 is 4.32. The topological polar surface area (TPSA) is 166 Å². The number of ether oxygens (including phenoxy) is 1. The molecule has 0 saturated heterocycles. The van der Waals surface area contributed by atoms with Gasteiger partial charge in [0.1, 0.15) is 12.6 Å². The van der Waals surface area contributed by atoms with Crippen molar-refractivity contribution in [2.45, 2.75) is 12.2 Å². The Hall–Kier alpha value is -2.33. The van der Waals surface area contributed by atoms with Gasteiger partial charge in [-0.1, -0.05) is 0 Å². The van der Waals surface area contributed by atoms with Gasteiger partial charge in [0.05, 0.1) is 6.61 Å². The van der Waals surface area contributed by atoms with Crippen LogP contribution in [0.3, 0.4) is 0 Å². The van der Waals surface area contributed by atoms with E-state index in [0.717, 1.165) is 0 Å². The van der Waals surface area contributed by atoms with Crippen LogP contribution >= 0.6 is 0 Å². The van der Waals surface area contributed by atoms with Gasteiger partial charge in [0.15, 0.2) is 17.8 Å². The molecule has 0 unspecified atom stereocenters. The van der Waals surface area contributed by atoms with Crippen LogP contribution in [0.5, 0.6) is 0 Å². The molecule has 0 aromatic heterocycles. The number of aliphatic imine (C=N–C) groups is 1. The number of aliphatic hydroxyl groups is 4. The standard InChI is InChI=1S/C6H8O6.C4H7N3O/c7-1-2(8)5-3(9)4(10)6(11)12-5;1-7-2-3(8)6-4(7)5/h2,5,7-10H,1H2;2H2,1H3,(H2,5,6,8)/t2-,5-;/m1./s1. The summed E-state index contributed by atoms with van der Waals surface area (Å²) in [6.07, 6.45) is -2.78. The fraction of sp³-hybridized carbons (Fsp3) is 0.500. The number of amides is 1. The minimum absolute atomic E-state index is 0.162. The van der Waals surface area contributed by atoms with Gasteiger partial charge in [0.2, 0.25) is 5.76 Å². The number of cyclic esters (lactones) is 1. The van der Waals surface area contributed by atoms with Crippen molar-refractivity contribution in [3.05, 3.63) is 11.5 Å². The Kier molecular flexibility index (Phi) is 4.88. The number of aliphatic hydroxyl groups excluding tert-OH is 4. The highest BCUT2D eigenvalue weighted by Gasteiger charge is 2.38. The second kappa shape index (κ2) is 6.21. The maximum absolute atomic E-state index is 10.5. The molecule has 0 spiro atoms. The quantitative estimate of drug-likeness (QED) is 0.341. The van der Waals surface area contributed by atoms with Gasteiger partial charge in [-0.05, 0) is 0 Å². The normalized spacial score (nSPS) is 23.2. The Morgan fingerprint density at radius 3 is 2.35 bits per heavy atom. The van der Waals surface area contributed by atoms with Crippen molar-refractivity contribution < 1.29 is 34.8 Å². The fourth-order valence-corrected chi connectivity index (χ4v) is 1.36. The van der Waals surface area contributed by atoms with Crippen LogP contribution in [0.15, 0.2) is 16.5 Å². The van der Waals surface area contributed by atoms with Crippen LogP contribution in [0.2, 0.25) is 0 Å². The molecule has 2 atom stereocenters. The highest BCUT2D eigenvalue weighted by Crippen LogP contribution is 2.20. The zero-order valence-electron chi connectivity index (χ0n) is 10.6. The molecule has 20 heavy (non-hydrogen) atoms. The Balaban J connectivity index is 0.000000217. The molecule has 2 heterocycles. The van der Waals surface area contributed by atoms with E-state index in [9.17, 15) is 9.59 Å². The molecule has 2 rings (SSSR count). The third-order valence-corrected chi connectivity index (χ3v) is 2.48. The minimum Gasteiger partial charge on any atom is -0.505 e. The maximum atomic E-state index is 10.5. The second-order valence-electron chi connectivity index (χ2n) is 4.03. The predicted octanol–water partition coefficient (Wildman–Crippen LogP) is -2.63. The number of likely N-dealkylation sites (N-methyl/N-ethyl adjacent to an activating group) is 1. The molecular formula is C10H15N3O7. The molecule has 10 heteroatoms. The van der Waals surface area contributed by atoms with Crippen LogP contribution < -0.4 is 5.73 Å². The Labute approximate surface area is 113 Å². The maximum Gasteiger partial charge on any atom is 0.377 e. The summed E-state index contributed by atoms with van der Waals surface area (Å²) in [4.78, 5) is 25.9. The molecule has 0 fully saturated rings. The van der Waals surface area contributed by atoms with E-state index >= 15 is 0 Å². The van der Waals surface area contributed by atoms with Crippen molar-refractivity contribution in [3.63, 3.8) is 0 Å². The van der Waals surface area contributed by atoms with Gasteiger partial charge >= 0.3 is 5.97 Å². The van der Waals surface area contributed by atoms with Crippen LogP contribution in [0.1, 0.15) is 0 Å². The third-order valence-electron chi connectivity index (χ3n) is 2.48. The van der Waals surface area contributed by atoms with E-state index in [1.54, 1.807) is 11.9 Å². The van der Waals surface area contributed by atoms with Gasteiger partial charge in [-0.25, -0.2) is 4.79 Å². The van der Waals surface area contributed by atoms with E-state index in [4.69, 9.17) is 26.2 Å². The molecule has 0 radical (unpaired) electrons. The van der Waals surface area contributed by atoms with Gasteiger partial charge in [-0.3, -0.25) is 4.79 Å². The van der Waals surface area contributed by atoms with Crippen molar-refractivity contribution in [1.82, 2.24) is 4.90 Å². The zero-order valence-corrected chi connectivity index (χ0v) is 10.6. The van der Waals surface area contributed by atoms with Gasteiger partial charge < -0.3 is 35.8 Å². The summed E-state index contributed by atoms with van der Waals surface area (Å²) in [7, 11) is 1.73. The molecule has 0 bridgehead atoms. The first-order chi connectivity index (χ1) is 9.27. The summed E-state index contributed by atoms with van der Waals surface area (Å²) in [6, 6.07) is 0. The van der Waals surface area contributed by atoms with E-state index in [-0.39, 0.29) is 5.91 Å². The van der Waals surface area contributed by atoms with Gasteiger partial charge in [0.25, 0.3) is 5.91 Å². The largest absolute Gasteiger partial charge is 0.505 e. The third kappa shape index (κ3) is 3.36. The van der Waals surface area contributed by atoms with Gasteiger partial charge in [-0.15, -0.1) is 0 Å². The smallest absolute Gasteiger partial charge is 0.377 e. The van der Waals surface area contributed by atoms with Crippen molar-refractivity contribution in [3.8, 4) is 0 Å². The van der Waals surface area contributed by atoms with Crippen LogP contribution in [0, 0.1) is 0 Å². The Morgan fingerprint density at radius 1 is 1.50 bits per heavy atom. The number of carbonyl (C=O) groups is 2. The van der Waals surface area contributed by atoms with Crippen molar-refractivity contribution in [2.75, 3.05) is 20.2 Å². The molecule has 10 nitrogen and oxygen atoms in total. The minimum atomic E-state index is -1.42. The molecular weight excluding hydrogens is 274 g/mol. The number of guanidine groups is 1. The summed E-state index contributed by atoms with van der Waals surface area (Å²) in [5.74, 6) is -2.63. The summed E-state index contributed by atoms with van der Waals surface area (Å²) in [5, 5.41) is 35.0. The van der Waals surface area contributed by atoms with E-state index in [0.29, 0.717) is 12.5 Å². The monoisotopic (exact) mass is 289 g/mol. The van der Waals surface area contributed by atoms with Crippen molar-refractivity contribution in [1.29, 1.82) is 0 Å². The van der Waals surface area contributed by atoms with Gasteiger partial charge in [0, 0.05) is 7.05 Å². The Bertz CT molecular complexity index is 473. The molecule has 1 amide bonds. The lowest BCUT2D eigenvalue weighted by molar-refractivity contribution is -0.147. The molecule has 6 N–H and O–H groups in total. The SMILES string of the molecule is CN1CC(=O)N=C1N.O=C1O[C@H]([C@H](O)CO)C(O)=C1O. The summed E-state index contributed by atoms with van der Waals surface area (Å²) >= 11 is 0. The molecule has 2 aliphatic heterocycles. The van der Waals surface area contributed by atoms with Crippen molar-refractivity contribution >= 4 is 17.8 Å². The van der Waals surface area contributed by atoms with Gasteiger partial charge in [-0.2, -0.15) is 4.99 Å². The number of esters is 1. The average Bonchev–Trinajstić information content (AvgIpc) is 2.83. The summed E-state index contributed by atoms with van der Waals surface area (Å²) in [6.45, 7) is -0.346. The lowest BCUT2D eigenvalue weighted by Gasteiger charge is -2.13. The van der Waals surface area contributed by atoms with Crippen LogP contribution in [0.25, 0.3) is 0 Å². The predicted molar refractivity (Wildman–Crippen MR) is 64.5 cm³/mol. The number of hydrogen-bond acceptors (Lipinski definition) is 9. The van der Waals surface area contributed by atoms with E-state index < -0.39 is 36.3 Å². The fourth-order valence-electron chi connectivity index (χ4n) is 1.36. The lowest BCUT2D eigenvalue weighted by atomic mass is 10.2. The number of hydrogen-bond donors (Lipinski definition) is 5. The number of rotatable bonds is 2. The first kappa shape index (κ1) is 15.7. The highest BCUT2D eigenvalue weighted by atomic mass is 16.6. The van der Waals surface area contributed by atoms with Crippen LogP contribution in [-0.2, 0) is 14.3 Å². The molecule has 0 saturated carbocycles. The second-order valence-corrected chi connectivity index (χ2v) is 4.03. The number of carbonyl (C=O) groups excluding carboxylic acids is 2. The summed E-state index contributed by atoms with van der Waals surface area (Å²) in [5.41, 5.74) is 5.22. The average molecular weight is 289 g/mol. The molecule has 0 aliphatic carbocycles. The number of nitrogens with two attached hydrogens (primary N) is 1.